The molecule has 17 heavy (non-hydrogen) atoms. The van der Waals surface area contributed by atoms with E-state index in [4.69, 9.17) is 5.73 Å². The van der Waals surface area contributed by atoms with Crippen LogP contribution in [0.4, 0.5) is 17.1 Å². The van der Waals surface area contributed by atoms with Gasteiger partial charge in [-0.15, -0.1) is 0 Å². The van der Waals surface area contributed by atoms with Gasteiger partial charge in [-0.25, -0.2) is 0 Å². The van der Waals surface area contributed by atoms with Crippen molar-refractivity contribution in [3.8, 4) is 0 Å². The fourth-order valence-electron chi connectivity index (χ4n) is 1.76. The molecule has 0 bridgehead atoms. The summed E-state index contributed by atoms with van der Waals surface area (Å²) in [5, 5.41) is 13.3. The van der Waals surface area contributed by atoms with E-state index in [0.717, 1.165) is 5.69 Å². The number of carbonyl (C=O) groups is 1. The van der Waals surface area contributed by atoms with Crippen LogP contribution in [0, 0.1) is 10.1 Å². The number of anilines is 2. The summed E-state index contributed by atoms with van der Waals surface area (Å²) in [6.07, 6.45) is 0. The lowest BCUT2D eigenvalue weighted by Gasteiger charge is -2.28. The summed E-state index contributed by atoms with van der Waals surface area (Å²) in [6.45, 7) is 1.48. The third kappa shape index (κ3) is 2.27. The van der Waals surface area contributed by atoms with Crippen molar-refractivity contribution in [3.05, 3.63) is 28.3 Å². The van der Waals surface area contributed by atoms with Crippen molar-refractivity contribution in [1.29, 1.82) is 0 Å². The van der Waals surface area contributed by atoms with Gasteiger partial charge in [-0.3, -0.25) is 14.9 Å². The Morgan fingerprint density at radius 1 is 1.47 bits per heavy atom. The zero-order valence-corrected chi connectivity index (χ0v) is 9.05. The van der Waals surface area contributed by atoms with E-state index in [-0.39, 0.29) is 23.8 Å². The minimum atomic E-state index is -0.526. The Balaban J connectivity index is 2.25. The number of piperazine rings is 1. The molecule has 1 heterocycles. The molecule has 1 amide bonds. The highest BCUT2D eigenvalue weighted by atomic mass is 16.6. The standard InChI is InChI=1S/C10H12N4O3/c11-8-5-7(1-2-9(8)14(16)17)13-4-3-12-10(15)6-13/h1-2,5H,3-4,6,11H2,(H,12,15). The number of nitro groups is 1. The molecular formula is C10H12N4O3. The molecule has 1 aliphatic heterocycles. The number of amides is 1. The summed E-state index contributed by atoms with van der Waals surface area (Å²) in [5.41, 5.74) is 6.31. The van der Waals surface area contributed by atoms with Gasteiger partial charge in [0.05, 0.1) is 11.5 Å². The van der Waals surface area contributed by atoms with Crippen LogP contribution in [0.3, 0.4) is 0 Å². The first kappa shape index (κ1) is 11.2. The Hall–Kier alpha value is -2.31. The molecular weight excluding hydrogens is 224 g/mol. The summed E-state index contributed by atoms with van der Waals surface area (Å²) in [6, 6.07) is 4.49. The Morgan fingerprint density at radius 2 is 2.24 bits per heavy atom. The fourth-order valence-corrected chi connectivity index (χ4v) is 1.76. The number of nitro benzene ring substituents is 1. The predicted molar refractivity (Wildman–Crippen MR) is 62.7 cm³/mol. The molecule has 0 atom stereocenters. The molecule has 2 rings (SSSR count). The molecule has 1 fully saturated rings. The first-order valence-electron chi connectivity index (χ1n) is 5.13. The molecule has 0 aliphatic carbocycles. The Labute approximate surface area is 97.3 Å². The molecule has 1 aromatic rings. The van der Waals surface area contributed by atoms with Crippen molar-refractivity contribution in [2.75, 3.05) is 30.3 Å². The quantitative estimate of drug-likeness (QED) is 0.431. The van der Waals surface area contributed by atoms with Crippen LogP contribution in [-0.2, 0) is 4.79 Å². The molecule has 0 unspecified atom stereocenters. The van der Waals surface area contributed by atoms with Gasteiger partial charge in [-0.1, -0.05) is 0 Å². The van der Waals surface area contributed by atoms with Gasteiger partial charge < -0.3 is 16.0 Å². The Kier molecular flexibility index (Phi) is 2.82. The minimum Gasteiger partial charge on any atom is -0.393 e. The maximum absolute atomic E-state index is 11.2. The van der Waals surface area contributed by atoms with E-state index >= 15 is 0 Å². The average molecular weight is 236 g/mol. The van der Waals surface area contributed by atoms with Crippen LogP contribution in [0.5, 0.6) is 0 Å². The average Bonchev–Trinajstić information content (AvgIpc) is 2.28. The van der Waals surface area contributed by atoms with Crippen molar-refractivity contribution < 1.29 is 9.72 Å². The largest absolute Gasteiger partial charge is 0.393 e. The van der Waals surface area contributed by atoms with Gasteiger partial charge in [-0.2, -0.15) is 0 Å². The normalized spacial score (nSPS) is 15.5. The molecule has 90 valence electrons. The lowest BCUT2D eigenvalue weighted by Crippen LogP contribution is -2.47. The summed E-state index contributed by atoms with van der Waals surface area (Å²) >= 11 is 0. The summed E-state index contributed by atoms with van der Waals surface area (Å²) < 4.78 is 0. The predicted octanol–water partition coefficient (Wildman–Crippen LogP) is 0.113. The van der Waals surface area contributed by atoms with Crippen molar-refractivity contribution in [3.63, 3.8) is 0 Å². The van der Waals surface area contributed by atoms with Crippen LogP contribution >= 0.6 is 0 Å². The smallest absolute Gasteiger partial charge is 0.292 e. The number of nitrogens with two attached hydrogens (primary N) is 1. The second kappa shape index (κ2) is 4.28. The zero-order chi connectivity index (χ0) is 12.4. The van der Waals surface area contributed by atoms with Crippen molar-refractivity contribution in [1.82, 2.24) is 5.32 Å². The first-order valence-corrected chi connectivity index (χ1v) is 5.13. The van der Waals surface area contributed by atoms with Crippen molar-refractivity contribution >= 4 is 23.0 Å². The van der Waals surface area contributed by atoms with Gasteiger partial charge in [0.15, 0.2) is 0 Å². The molecule has 0 radical (unpaired) electrons. The van der Waals surface area contributed by atoms with Crippen LogP contribution in [-0.4, -0.2) is 30.5 Å². The number of carbonyl (C=O) groups excluding carboxylic acids is 1. The highest BCUT2D eigenvalue weighted by molar-refractivity contribution is 5.83. The van der Waals surface area contributed by atoms with E-state index in [9.17, 15) is 14.9 Å². The van der Waals surface area contributed by atoms with Crippen LogP contribution in [0.2, 0.25) is 0 Å². The second-order valence-electron chi connectivity index (χ2n) is 3.77. The third-order valence-electron chi connectivity index (χ3n) is 2.61. The van der Waals surface area contributed by atoms with Gasteiger partial charge in [0.2, 0.25) is 5.91 Å². The number of hydrogen-bond donors (Lipinski definition) is 2. The lowest BCUT2D eigenvalue weighted by atomic mass is 10.2. The van der Waals surface area contributed by atoms with E-state index in [1.165, 1.54) is 12.1 Å². The van der Waals surface area contributed by atoms with Crippen LogP contribution < -0.4 is 16.0 Å². The van der Waals surface area contributed by atoms with Crippen LogP contribution in [0.25, 0.3) is 0 Å². The third-order valence-corrected chi connectivity index (χ3v) is 2.61. The van der Waals surface area contributed by atoms with Gasteiger partial charge in [0.25, 0.3) is 5.69 Å². The molecule has 7 nitrogen and oxygen atoms in total. The molecule has 3 N–H and O–H groups in total. The minimum absolute atomic E-state index is 0.0619. The first-order chi connectivity index (χ1) is 8.08. The summed E-state index contributed by atoms with van der Waals surface area (Å²) in [4.78, 5) is 23.1. The van der Waals surface area contributed by atoms with E-state index < -0.39 is 4.92 Å². The van der Waals surface area contributed by atoms with E-state index in [1.54, 1.807) is 6.07 Å². The van der Waals surface area contributed by atoms with Gasteiger partial charge >= 0.3 is 0 Å². The Bertz CT molecular complexity index is 475. The van der Waals surface area contributed by atoms with E-state index in [0.29, 0.717) is 13.1 Å². The van der Waals surface area contributed by atoms with Crippen molar-refractivity contribution in [2.24, 2.45) is 0 Å². The molecule has 7 heteroatoms. The summed E-state index contributed by atoms with van der Waals surface area (Å²) in [7, 11) is 0. The van der Waals surface area contributed by atoms with Crippen LogP contribution in [0.15, 0.2) is 18.2 Å². The van der Waals surface area contributed by atoms with E-state index in [1.807, 2.05) is 4.90 Å². The fraction of sp³-hybridized carbons (Fsp3) is 0.300. The van der Waals surface area contributed by atoms with E-state index in [2.05, 4.69) is 5.32 Å². The number of nitrogen functional groups attached to an aromatic ring is 1. The maximum Gasteiger partial charge on any atom is 0.292 e. The lowest BCUT2D eigenvalue weighted by molar-refractivity contribution is -0.383. The summed E-state index contributed by atoms with van der Waals surface area (Å²) in [5.74, 6) is -0.0619. The molecule has 0 saturated carbocycles. The SMILES string of the molecule is Nc1cc(N2CCNC(=O)C2)ccc1[N+](=O)[O-]. The number of hydrogen-bond acceptors (Lipinski definition) is 5. The Morgan fingerprint density at radius 3 is 2.82 bits per heavy atom. The number of benzene rings is 1. The highest BCUT2D eigenvalue weighted by Gasteiger charge is 2.19. The number of nitrogens with zero attached hydrogens (tertiary/aromatic N) is 2. The van der Waals surface area contributed by atoms with Gasteiger partial charge in [0.1, 0.15) is 5.69 Å². The van der Waals surface area contributed by atoms with Crippen molar-refractivity contribution in [2.45, 2.75) is 0 Å². The zero-order valence-electron chi connectivity index (χ0n) is 9.05. The maximum atomic E-state index is 11.2. The van der Waals surface area contributed by atoms with Gasteiger partial charge in [-0.05, 0) is 12.1 Å². The molecule has 0 aromatic heterocycles. The second-order valence-corrected chi connectivity index (χ2v) is 3.77. The monoisotopic (exact) mass is 236 g/mol. The molecule has 1 aromatic carbocycles. The van der Waals surface area contributed by atoms with Gasteiger partial charge in [0, 0.05) is 24.8 Å². The topological polar surface area (TPSA) is 102 Å². The number of rotatable bonds is 2. The molecule has 1 aliphatic rings. The van der Waals surface area contributed by atoms with Crippen LogP contribution in [0.1, 0.15) is 0 Å². The molecule has 1 saturated heterocycles. The number of nitrogens with one attached hydrogen (secondary N) is 1. The molecule has 0 spiro atoms. The highest BCUT2D eigenvalue weighted by Crippen LogP contribution is 2.27.